The fourth-order valence-electron chi connectivity index (χ4n) is 1.83. The SMILES string of the molecule is CCC(CC)(CN)NC(=O)COc1cc(Cl)ccc1Cl.Cl. The first kappa shape index (κ1) is 20.3. The highest BCUT2D eigenvalue weighted by molar-refractivity contribution is 6.34. The van der Waals surface area contributed by atoms with Gasteiger partial charge in [0.15, 0.2) is 6.61 Å². The van der Waals surface area contributed by atoms with Gasteiger partial charge in [0.25, 0.3) is 5.91 Å². The summed E-state index contributed by atoms with van der Waals surface area (Å²) in [5.41, 5.74) is 5.36. The first-order chi connectivity index (χ1) is 9.46. The molecular formula is C14H21Cl3N2O2. The van der Waals surface area contributed by atoms with Gasteiger partial charge in [-0.1, -0.05) is 37.0 Å². The number of hydrogen-bond donors (Lipinski definition) is 2. The van der Waals surface area contributed by atoms with Gasteiger partial charge in [0.2, 0.25) is 0 Å². The van der Waals surface area contributed by atoms with Gasteiger partial charge in [-0.3, -0.25) is 4.79 Å². The highest BCUT2D eigenvalue weighted by Gasteiger charge is 2.26. The number of nitrogens with two attached hydrogens (primary N) is 1. The fourth-order valence-corrected chi connectivity index (χ4v) is 2.16. The first-order valence-electron chi connectivity index (χ1n) is 6.55. The predicted octanol–water partition coefficient (Wildman–Crippen LogP) is 3.43. The third kappa shape index (κ3) is 5.91. The summed E-state index contributed by atoms with van der Waals surface area (Å²) >= 11 is 11.8. The molecule has 7 heteroatoms. The molecule has 120 valence electrons. The third-order valence-corrected chi connectivity index (χ3v) is 3.95. The second-order valence-corrected chi connectivity index (χ2v) is 5.45. The fraction of sp³-hybridized carbons (Fsp3) is 0.500. The average Bonchev–Trinajstić information content (AvgIpc) is 2.46. The maximum absolute atomic E-state index is 11.9. The van der Waals surface area contributed by atoms with Crippen LogP contribution in [0, 0.1) is 0 Å². The molecule has 1 rings (SSSR count). The molecule has 1 aromatic carbocycles. The summed E-state index contributed by atoms with van der Waals surface area (Å²) in [4.78, 5) is 11.9. The van der Waals surface area contributed by atoms with E-state index >= 15 is 0 Å². The summed E-state index contributed by atoms with van der Waals surface area (Å²) in [6.45, 7) is 4.25. The molecule has 21 heavy (non-hydrogen) atoms. The minimum Gasteiger partial charge on any atom is -0.482 e. The molecule has 0 saturated heterocycles. The molecule has 1 amide bonds. The number of halogens is 3. The number of amides is 1. The lowest BCUT2D eigenvalue weighted by molar-refractivity contribution is -0.125. The topological polar surface area (TPSA) is 64.3 Å². The first-order valence-corrected chi connectivity index (χ1v) is 7.31. The lowest BCUT2D eigenvalue weighted by Gasteiger charge is -2.31. The van der Waals surface area contributed by atoms with Gasteiger partial charge in [-0.05, 0) is 25.0 Å². The maximum Gasteiger partial charge on any atom is 0.258 e. The minimum absolute atomic E-state index is 0. The van der Waals surface area contributed by atoms with Gasteiger partial charge in [0.1, 0.15) is 5.75 Å². The summed E-state index contributed by atoms with van der Waals surface area (Å²) in [7, 11) is 0. The lowest BCUT2D eigenvalue weighted by Crippen LogP contribution is -2.54. The van der Waals surface area contributed by atoms with Crippen molar-refractivity contribution in [2.24, 2.45) is 5.73 Å². The molecule has 0 bridgehead atoms. The standard InChI is InChI=1S/C14H20Cl2N2O2.ClH/c1-3-14(4-2,9-17)18-13(19)8-20-12-7-10(15)5-6-11(12)16;/h5-7H,3-4,8-9,17H2,1-2H3,(H,18,19);1H. The Morgan fingerprint density at radius 1 is 1.33 bits per heavy atom. The molecule has 4 nitrogen and oxygen atoms in total. The largest absolute Gasteiger partial charge is 0.482 e. The number of carbonyl (C=O) groups excluding carboxylic acids is 1. The third-order valence-electron chi connectivity index (χ3n) is 3.40. The molecule has 0 aromatic heterocycles. The summed E-state index contributed by atoms with van der Waals surface area (Å²) in [5.74, 6) is 0.163. The van der Waals surface area contributed by atoms with Crippen LogP contribution in [0.4, 0.5) is 0 Å². The summed E-state index contributed by atoms with van der Waals surface area (Å²) < 4.78 is 5.39. The van der Waals surface area contributed by atoms with Gasteiger partial charge in [-0.25, -0.2) is 0 Å². The minimum atomic E-state index is -0.376. The van der Waals surface area contributed by atoms with Crippen LogP contribution >= 0.6 is 35.6 Å². The van der Waals surface area contributed by atoms with E-state index in [1.165, 1.54) is 0 Å². The summed E-state index contributed by atoms with van der Waals surface area (Å²) in [6.07, 6.45) is 1.54. The second kappa shape index (κ2) is 9.36. The average molecular weight is 356 g/mol. The summed E-state index contributed by atoms with van der Waals surface area (Å²) in [6, 6.07) is 4.86. The van der Waals surface area contributed by atoms with E-state index in [1.54, 1.807) is 18.2 Å². The number of ether oxygens (including phenoxy) is 1. The number of carbonyl (C=O) groups is 1. The van der Waals surface area contributed by atoms with Crippen molar-refractivity contribution in [3.05, 3.63) is 28.2 Å². The van der Waals surface area contributed by atoms with E-state index < -0.39 is 0 Å². The van der Waals surface area contributed by atoms with Crippen LogP contribution in [0.3, 0.4) is 0 Å². The number of hydrogen-bond acceptors (Lipinski definition) is 3. The van der Waals surface area contributed by atoms with Crippen LogP contribution in [0.25, 0.3) is 0 Å². The predicted molar refractivity (Wildman–Crippen MR) is 89.7 cm³/mol. The molecule has 0 aliphatic heterocycles. The van der Waals surface area contributed by atoms with Crippen molar-refractivity contribution < 1.29 is 9.53 Å². The van der Waals surface area contributed by atoms with Crippen LogP contribution in [0.15, 0.2) is 18.2 Å². The van der Waals surface area contributed by atoms with Crippen molar-refractivity contribution in [2.75, 3.05) is 13.2 Å². The number of nitrogens with one attached hydrogen (secondary N) is 1. The Bertz CT molecular complexity index is 457. The molecular weight excluding hydrogens is 335 g/mol. The van der Waals surface area contributed by atoms with Crippen LogP contribution in [0.5, 0.6) is 5.75 Å². The van der Waals surface area contributed by atoms with Crippen LogP contribution in [-0.2, 0) is 4.79 Å². The van der Waals surface area contributed by atoms with Gasteiger partial charge >= 0.3 is 0 Å². The zero-order valence-corrected chi connectivity index (χ0v) is 14.4. The Balaban J connectivity index is 0.00000400. The number of benzene rings is 1. The zero-order chi connectivity index (χ0) is 15.2. The van der Waals surface area contributed by atoms with Crippen LogP contribution in [0.2, 0.25) is 10.0 Å². The van der Waals surface area contributed by atoms with Crippen molar-refractivity contribution in [1.29, 1.82) is 0 Å². The van der Waals surface area contributed by atoms with Crippen LogP contribution in [-0.4, -0.2) is 24.6 Å². The van der Waals surface area contributed by atoms with Crippen molar-refractivity contribution in [1.82, 2.24) is 5.32 Å². The summed E-state index contributed by atoms with van der Waals surface area (Å²) in [5, 5.41) is 3.84. The monoisotopic (exact) mass is 354 g/mol. The smallest absolute Gasteiger partial charge is 0.258 e. The van der Waals surface area contributed by atoms with Gasteiger partial charge < -0.3 is 15.8 Å². The highest BCUT2D eigenvalue weighted by atomic mass is 35.5. The Labute approximate surface area is 141 Å². The van der Waals surface area contributed by atoms with E-state index in [9.17, 15) is 4.79 Å². The second-order valence-electron chi connectivity index (χ2n) is 4.60. The molecule has 0 saturated carbocycles. The number of rotatable bonds is 7. The maximum atomic E-state index is 11.9. The van der Waals surface area contributed by atoms with E-state index in [1.807, 2.05) is 13.8 Å². The molecule has 0 atom stereocenters. The Morgan fingerprint density at radius 2 is 1.95 bits per heavy atom. The molecule has 0 aliphatic carbocycles. The Kier molecular flexibility index (Phi) is 9.06. The van der Waals surface area contributed by atoms with Crippen molar-refractivity contribution in [3.63, 3.8) is 0 Å². The van der Waals surface area contributed by atoms with Gasteiger partial charge in [0.05, 0.1) is 10.6 Å². The van der Waals surface area contributed by atoms with Crippen molar-refractivity contribution in [3.8, 4) is 5.75 Å². The molecule has 0 radical (unpaired) electrons. The lowest BCUT2D eigenvalue weighted by atomic mass is 9.93. The normalized spacial score (nSPS) is 10.7. The van der Waals surface area contributed by atoms with Crippen LogP contribution < -0.4 is 15.8 Å². The molecule has 0 heterocycles. The molecule has 0 spiro atoms. The van der Waals surface area contributed by atoms with Gasteiger partial charge in [0, 0.05) is 17.6 Å². The quantitative estimate of drug-likeness (QED) is 0.787. The van der Waals surface area contributed by atoms with Crippen molar-refractivity contribution in [2.45, 2.75) is 32.2 Å². The molecule has 1 aromatic rings. The Morgan fingerprint density at radius 3 is 2.48 bits per heavy atom. The van der Waals surface area contributed by atoms with E-state index in [0.717, 1.165) is 12.8 Å². The molecule has 0 aliphatic rings. The van der Waals surface area contributed by atoms with E-state index in [-0.39, 0.29) is 30.5 Å². The molecule has 0 fully saturated rings. The van der Waals surface area contributed by atoms with Crippen LogP contribution in [0.1, 0.15) is 26.7 Å². The molecule has 0 unspecified atom stereocenters. The zero-order valence-electron chi connectivity index (χ0n) is 12.1. The van der Waals surface area contributed by atoms with Gasteiger partial charge in [-0.15, -0.1) is 12.4 Å². The van der Waals surface area contributed by atoms with E-state index in [2.05, 4.69) is 5.32 Å². The highest BCUT2D eigenvalue weighted by Crippen LogP contribution is 2.27. The molecule has 3 N–H and O–H groups in total. The van der Waals surface area contributed by atoms with Crippen molar-refractivity contribution >= 4 is 41.5 Å². The Hall–Kier alpha value is -0.680. The van der Waals surface area contributed by atoms with Gasteiger partial charge in [-0.2, -0.15) is 0 Å². The van der Waals surface area contributed by atoms with E-state index in [0.29, 0.717) is 22.3 Å². The van der Waals surface area contributed by atoms with E-state index in [4.69, 9.17) is 33.7 Å².